The van der Waals surface area contributed by atoms with Crippen molar-refractivity contribution in [2.75, 3.05) is 0 Å². The van der Waals surface area contributed by atoms with E-state index >= 15 is 0 Å². The highest BCUT2D eigenvalue weighted by Gasteiger charge is 2.16. The number of hydrogen-bond donors (Lipinski definition) is 0. The van der Waals surface area contributed by atoms with Crippen LogP contribution in [-0.2, 0) is 0 Å². The number of carbonyl (C=O) groups is 1. The van der Waals surface area contributed by atoms with Crippen LogP contribution in [0, 0.1) is 12.8 Å². The van der Waals surface area contributed by atoms with Crippen molar-refractivity contribution in [1.29, 1.82) is 0 Å². The summed E-state index contributed by atoms with van der Waals surface area (Å²) in [4.78, 5) is 13.6. The van der Waals surface area contributed by atoms with Gasteiger partial charge >= 0.3 is 0 Å². The van der Waals surface area contributed by atoms with Gasteiger partial charge in [-0.1, -0.05) is 25.5 Å². The molecular formula is C13H15N3O. The highest BCUT2D eigenvalue weighted by Crippen LogP contribution is 2.18. The van der Waals surface area contributed by atoms with E-state index in [2.05, 4.69) is 10.2 Å². The molecule has 1 aromatic heterocycles. The van der Waals surface area contributed by atoms with Crippen molar-refractivity contribution in [3.63, 3.8) is 0 Å². The van der Waals surface area contributed by atoms with Crippen LogP contribution in [0.5, 0.6) is 0 Å². The lowest BCUT2D eigenvalue weighted by Gasteiger charge is -2.10. The first-order valence-corrected chi connectivity index (χ1v) is 5.61. The Bertz CT molecular complexity index is 530. The molecule has 0 unspecified atom stereocenters. The van der Waals surface area contributed by atoms with E-state index in [-0.39, 0.29) is 11.7 Å². The maximum Gasteiger partial charge on any atom is 0.167 e. The third kappa shape index (κ3) is 2.25. The van der Waals surface area contributed by atoms with Crippen molar-refractivity contribution in [2.24, 2.45) is 5.92 Å². The third-order valence-electron chi connectivity index (χ3n) is 2.58. The average molecular weight is 229 g/mol. The molecule has 88 valence electrons. The van der Waals surface area contributed by atoms with Crippen molar-refractivity contribution in [1.82, 2.24) is 15.0 Å². The van der Waals surface area contributed by atoms with E-state index < -0.39 is 0 Å². The van der Waals surface area contributed by atoms with Crippen LogP contribution in [0.1, 0.15) is 29.8 Å². The largest absolute Gasteiger partial charge is 0.294 e. The van der Waals surface area contributed by atoms with Crippen LogP contribution < -0.4 is 0 Å². The lowest BCUT2D eigenvalue weighted by atomic mass is 9.98. The Kier molecular flexibility index (Phi) is 3.04. The maximum absolute atomic E-state index is 12.1. The van der Waals surface area contributed by atoms with Gasteiger partial charge in [-0.15, -0.1) is 0 Å². The highest BCUT2D eigenvalue weighted by molar-refractivity contribution is 6.00. The minimum atomic E-state index is -0.0360. The van der Waals surface area contributed by atoms with Gasteiger partial charge in [-0.2, -0.15) is 15.0 Å². The van der Waals surface area contributed by atoms with E-state index in [0.717, 1.165) is 11.3 Å². The van der Waals surface area contributed by atoms with Gasteiger partial charge in [0, 0.05) is 11.5 Å². The Balaban J connectivity index is 2.56. The van der Waals surface area contributed by atoms with E-state index in [9.17, 15) is 4.79 Å². The van der Waals surface area contributed by atoms with Crippen molar-refractivity contribution in [2.45, 2.75) is 20.8 Å². The fraction of sp³-hybridized carbons (Fsp3) is 0.308. The Morgan fingerprint density at radius 3 is 2.47 bits per heavy atom. The molecule has 4 nitrogen and oxygen atoms in total. The molecule has 1 aromatic carbocycles. The minimum absolute atomic E-state index is 0.0360. The molecule has 0 aliphatic rings. The molecule has 4 heteroatoms. The van der Waals surface area contributed by atoms with Gasteiger partial charge in [-0.3, -0.25) is 4.79 Å². The second-order valence-electron chi connectivity index (χ2n) is 4.36. The number of hydrogen-bond acceptors (Lipinski definition) is 3. The van der Waals surface area contributed by atoms with Crippen LogP contribution >= 0.6 is 0 Å². The Morgan fingerprint density at radius 1 is 1.24 bits per heavy atom. The SMILES string of the molecule is Cc1ccc(-n2nccn2)c(C(=O)C(C)C)c1. The number of aryl methyl sites for hydroxylation is 1. The third-order valence-corrected chi connectivity index (χ3v) is 2.58. The van der Waals surface area contributed by atoms with Crippen molar-refractivity contribution >= 4 is 5.78 Å². The van der Waals surface area contributed by atoms with Gasteiger partial charge in [-0.05, 0) is 19.1 Å². The van der Waals surface area contributed by atoms with Crippen molar-refractivity contribution in [3.05, 3.63) is 41.7 Å². The molecule has 0 bridgehead atoms. The molecule has 0 spiro atoms. The zero-order valence-corrected chi connectivity index (χ0v) is 10.2. The smallest absolute Gasteiger partial charge is 0.167 e. The summed E-state index contributed by atoms with van der Waals surface area (Å²) in [6.45, 7) is 5.76. The molecule has 2 aromatic rings. The topological polar surface area (TPSA) is 47.8 Å². The Morgan fingerprint density at radius 2 is 1.88 bits per heavy atom. The quantitative estimate of drug-likeness (QED) is 0.759. The van der Waals surface area contributed by atoms with Crippen LogP contribution in [0.15, 0.2) is 30.6 Å². The van der Waals surface area contributed by atoms with Crippen LogP contribution in [-0.4, -0.2) is 20.8 Å². The first kappa shape index (κ1) is 11.5. The summed E-state index contributed by atoms with van der Waals surface area (Å²) in [5.41, 5.74) is 2.47. The van der Waals surface area contributed by atoms with Gasteiger partial charge in [0.2, 0.25) is 0 Å². The maximum atomic E-state index is 12.1. The molecule has 0 radical (unpaired) electrons. The van der Waals surface area contributed by atoms with Crippen LogP contribution in [0.4, 0.5) is 0 Å². The van der Waals surface area contributed by atoms with Crippen LogP contribution in [0.25, 0.3) is 5.69 Å². The number of benzene rings is 1. The summed E-state index contributed by atoms with van der Waals surface area (Å²) in [5, 5.41) is 8.14. The number of nitrogens with zero attached hydrogens (tertiary/aromatic N) is 3. The molecule has 0 aliphatic heterocycles. The standard InChI is InChI=1S/C13H15N3O/c1-9(2)13(17)11-8-10(3)4-5-12(11)16-14-6-7-15-16/h4-9H,1-3H3. The second kappa shape index (κ2) is 4.49. The average Bonchev–Trinajstić information content (AvgIpc) is 2.81. The number of aromatic nitrogens is 3. The molecule has 0 fully saturated rings. The number of Topliss-reactive ketones (excluding diaryl/α,β-unsaturated/α-hetero) is 1. The van der Waals surface area contributed by atoms with E-state index in [1.807, 2.05) is 39.0 Å². The Labute approximate surface area is 100 Å². The summed E-state index contributed by atoms with van der Waals surface area (Å²) in [5.74, 6) is 0.0760. The van der Waals surface area contributed by atoms with Crippen molar-refractivity contribution < 1.29 is 4.79 Å². The van der Waals surface area contributed by atoms with E-state index in [1.54, 1.807) is 12.4 Å². The molecule has 2 rings (SSSR count). The van der Waals surface area contributed by atoms with Gasteiger partial charge in [0.25, 0.3) is 0 Å². The first-order chi connectivity index (χ1) is 8.09. The minimum Gasteiger partial charge on any atom is -0.294 e. The summed E-state index contributed by atoms with van der Waals surface area (Å²) in [7, 11) is 0. The molecule has 0 amide bonds. The van der Waals surface area contributed by atoms with Gasteiger partial charge in [0.15, 0.2) is 5.78 Å². The monoisotopic (exact) mass is 229 g/mol. The van der Waals surface area contributed by atoms with Gasteiger partial charge in [0.05, 0.1) is 18.1 Å². The molecule has 0 saturated heterocycles. The second-order valence-corrected chi connectivity index (χ2v) is 4.36. The summed E-state index contributed by atoms with van der Waals surface area (Å²) >= 11 is 0. The number of carbonyl (C=O) groups excluding carboxylic acids is 1. The van der Waals surface area contributed by atoms with Gasteiger partial charge in [0.1, 0.15) is 0 Å². The van der Waals surface area contributed by atoms with Crippen LogP contribution in [0.2, 0.25) is 0 Å². The number of rotatable bonds is 3. The molecule has 1 heterocycles. The van der Waals surface area contributed by atoms with E-state index in [4.69, 9.17) is 0 Å². The molecular weight excluding hydrogens is 214 g/mol. The predicted molar refractivity (Wildman–Crippen MR) is 65.3 cm³/mol. The van der Waals surface area contributed by atoms with Gasteiger partial charge < -0.3 is 0 Å². The van der Waals surface area contributed by atoms with E-state index in [1.165, 1.54) is 4.80 Å². The summed E-state index contributed by atoms with van der Waals surface area (Å²) in [6.07, 6.45) is 3.20. The Hall–Kier alpha value is -1.97. The fourth-order valence-electron chi connectivity index (χ4n) is 1.67. The number of ketones is 1. The first-order valence-electron chi connectivity index (χ1n) is 5.61. The summed E-state index contributed by atoms with van der Waals surface area (Å²) < 4.78 is 0. The van der Waals surface area contributed by atoms with E-state index in [0.29, 0.717) is 5.56 Å². The zero-order chi connectivity index (χ0) is 12.4. The van der Waals surface area contributed by atoms with Crippen LogP contribution in [0.3, 0.4) is 0 Å². The summed E-state index contributed by atoms with van der Waals surface area (Å²) in [6, 6.07) is 5.72. The molecule has 0 saturated carbocycles. The van der Waals surface area contributed by atoms with Gasteiger partial charge in [-0.25, -0.2) is 0 Å². The molecule has 0 aliphatic carbocycles. The highest BCUT2D eigenvalue weighted by atomic mass is 16.1. The zero-order valence-electron chi connectivity index (χ0n) is 10.2. The molecule has 17 heavy (non-hydrogen) atoms. The lowest BCUT2D eigenvalue weighted by molar-refractivity contribution is 0.0939. The predicted octanol–water partition coefficient (Wildman–Crippen LogP) is 2.41. The normalized spacial score (nSPS) is 10.8. The molecule has 0 atom stereocenters. The van der Waals surface area contributed by atoms with Crippen molar-refractivity contribution in [3.8, 4) is 5.69 Å². The lowest BCUT2D eigenvalue weighted by Crippen LogP contribution is -2.13. The fourth-order valence-corrected chi connectivity index (χ4v) is 1.67. The molecule has 0 N–H and O–H groups in total.